The summed E-state index contributed by atoms with van der Waals surface area (Å²) in [6, 6.07) is 15.6. The SMILES string of the molecule is O=C(NC1CCCCC1)c1cc(NCc2cccnc2)nc(-c2ccccc2)n1. The van der Waals surface area contributed by atoms with Crippen LogP contribution in [-0.4, -0.2) is 26.9 Å². The summed E-state index contributed by atoms with van der Waals surface area (Å²) in [5.41, 5.74) is 2.31. The van der Waals surface area contributed by atoms with Gasteiger partial charge >= 0.3 is 0 Å². The molecule has 0 radical (unpaired) electrons. The lowest BCUT2D eigenvalue weighted by Crippen LogP contribution is -2.36. The maximum absolute atomic E-state index is 12.9. The largest absolute Gasteiger partial charge is 0.366 e. The predicted molar refractivity (Wildman–Crippen MR) is 113 cm³/mol. The minimum absolute atomic E-state index is 0.138. The molecule has 4 rings (SSSR count). The second-order valence-electron chi connectivity index (χ2n) is 7.35. The van der Waals surface area contributed by atoms with Gasteiger partial charge in [-0.1, -0.05) is 55.7 Å². The number of amides is 1. The summed E-state index contributed by atoms with van der Waals surface area (Å²) in [6.45, 7) is 0.572. The van der Waals surface area contributed by atoms with Gasteiger partial charge in [0.1, 0.15) is 11.5 Å². The van der Waals surface area contributed by atoms with Crippen LogP contribution in [0.5, 0.6) is 0 Å². The highest BCUT2D eigenvalue weighted by molar-refractivity contribution is 5.93. The van der Waals surface area contributed by atoms with Crippen LogP contribution >= 0.6 is 0 Å². The number of hydrogen-bond acceptors (Lipinski definition) is 5. The summed E-state index contributed by atoms with van der Waals surface area (Å²) in [6.07, 6.45) is 9.21. The summed E-state index contributed by atoms with van der Waals surface area (Å²) in [4.78, 5) is 26.2. The highest BCUT2D eigenvalue weighted by Crippen LogP contribution is 2.20. The Hall–Kier alpha value is -3.28. The van der Waals surface area contributed by atoms with E-state index in [0.29, 0.717) is 23.9 Å². The zero-order valence-corrected chi connectivity index (χ0v) is 16.3. The number of nitrogens with zero attached hydrogens (tertiary/aromatic N) is 3. The van der Waals surface area contributed by atoms with E-state index in [1.807, 2.05) is 48.7 Å². The van der Waals surface area contributed by atoms with Crippen LogP contribution in [0.15, 0.2) is 60.9 Å². The molecule has 1 fully saturated rings. The van der Waals surface area contributed by atoms with Gasteiger partial charge in [-0.25, -0.2) is 9.97 Å². The van der Waals surface area contributed by atoms with Crippen molar-refractivity contribution in [1.29, 1.82) is 0 Å². The second-order valence-corrected chi connectivity index (χ2v) is 7.35. The van der Waals surface area contributed by atoms with Crippen LogP contribution in [0.1, 0.15) is 48.2 Å². The summed E-state index contributed by atoms with van der Waals surface area (Å²) in [5, 5.41) is 6.45. The molecule has 0 spiro atoms. The van der Waals surface area contributed by atoms with Gasteiger partial charge in [0.05, 0.1) is 0 Å². The Bertz CT molecular complexity index is 940. The van der Waals surface area contributed by atoms with E-state index in [0.717, 1.165) is 24.0 Å². The van der Waals surface area contributed by atoms with E-state index in [9.17, 15) is 4.79 Å². The number of benzene rings is 1. The summed E-state index contributed by atoms with van der Waals surface area (Å²) in [7, 11) is 0. The Morgan fingerprint density at radius 1 is 1.00 bits per heavy atom. The van der Waals surface area contributed by atoms with Crippen molar-refractivity contribution in [3.8, 4) is 11.4 Å². The van der Waals surface area contributed by atoms with Crippen molar-refractivity contribution in [2.75, 3.05) is 5.32 Å². The molecule has 2 heterocycles. The predicted octanol–water partition coefficient (Wildman–Crippen LogP) is 4.21. The van der Waals surface area contributed by atoms with E-state index in [2.05, 4.69) is 25.6 Å². The molecule has 0 bridgehead atoms. The number of nitrogens with one attached hydrogen (secondary N) is 2. The molecule has 2 N–H and O–H groups in total. The Labute approximate surface area is 170 Å². The van der Waals surface area contributed by atoms with Gasteiger partial charge in [0.2, 0.25) is 0 Å². The number of anilines is 1. The molecule has 2 aromatic heterocycles. The molecule has 6 heteroatoms. The van der Waals surface area contributed by atoms with Crippen LogP contribution in [-0.2, 0) is 6.54 Å². The van der Waals surface area contributed by atoms with Crippen molar-refractivity contribution in [2.45, 2.75) is 44.7 Å². The maximum atomic E-state index is 12.9. The number of carbonyl (C=O) groups is 1. The van der Waals surface area contributed by atoms with Gasteiger partial charge in [-0.05, 0) is 24.5 Å². The molecule has 1 amide bonds. The third-order valence-corrected chi connectivity index (χ3v) is 5.13. The lowest BCUT2D eigenvalue weighted by molar-refractivity contribution is 0.0922. The fourth-order valence-corrected chi connectivity index (χ4v) is 3.57. The summed E-state index contributed by atoms with van der Waals surface area (Å²) in [5.74, 6) is 1.02. The molecular formula is C23H25N5O. The average molecular weight is 387 g/mol. The summed E-state index contributed by atoms with van der Waals surface area (Å²) >= 11 is 0. The van der Waals surface area contributed by atoms with Crippen molar-refractivity contribution in [3.05, 3.63) is 72.2 Å². The molecule has 1 aliphatic rings. The second kappa shape index (κ2) is 9.28. The normalized spacial score (nSPS) is 14.3. The number of hydrogen-bond donors (Lipinski definition) is 2. The van der Waals surface area contributed by atoms with Crippen LogP contribution in [0.25, 0.3) is 11.4 Å². The maximum Gasteiger partial charge on any atom is 0.270 e. The first-order valence-electron chi connectivity index (χ1n) is 10.2. The van der Waals surface area contributed by atoms with Crippen LogP contribution < -0.4 is 10.6 Å². The van der Waals surface area contributed by atoms with Crippen molar-refractivity contribution in [1.82, 2.24) is 20.3 Å². The Balaban J connectivity index is 1.58. The molecule has 0 atom stereocenters. The molecule has 1 aliphatic carbocycles. The average Bonchev–Trinajstić information content (AvgIpc) is 2.79. The monoisotopic (exact) mass is 387 g/mol. The van der Waals surface area contributed by atoms with E-state index >= 15 is 0 Å². The van der Waals surface area contributed by atoms with Crippen LogP contribution in [0.2, 0.25) is 0 Å². The minimum Gasteiger partial charge on any atom is -0.366 e. The highest BCUT2D eigenvalue weighted by atomic mass is 16.1. The summed E-state index contributed by atoms with van der Waals surface area (Å²) < 4.78 is 0. The first-order valence-corrected chi connectivity index (χ1v) is 10.2. The lowest BCUT2D eigenvalue weighted by Gasteiger charge is -2.22. The Morgan fingerprint density at radius 2 is 1.83 bits per heavy atom. The van der Waals surface area contributed by atoms with Crippen LogP contribution in [0, 0.1) is 0 Å². The Kier molecular flexibility index (Phi) is 6.10. The van der Waals surface area contributed by atoms with E-state index in [1.165, 1.54) is 19.3 Å². The third kappa shape index (κ3) is 5.16. The fraction of sp³-hybridized carbons (Fsp3) is 0.304. The highest BCUT2D eigenvalue weighted by Gasteiger charge is 2.19. The quantitative estimate of drug-likeness (QED) is 0.662. The molecule has 29 heavy (non-hydrogen) atoms. The molecule has 6 nitrogen and oxygen atoms in total. The number of carbonyl (C=O) groups excluding carboxylic acids is 1. The van der Waals surface area contributed by atoms with Gasteiger partial charge in [-0.15, -0.1) is 0 Å². The molecule has 148 valence electrons. The molecule has 0 aliphatic heterocycles. The van der Waals surface area contributed by atoms with Gasteiger partial charge in [-0.3, -0.25) is 9.78 Å². The van der Waals surface area contributed by atoms with Crippen molar-refractivity contribution >= 4 is 11.7 Å². The van der Waals surface area contributed by atoms with Crippen molar-refractivity contribution < 1.29 is 4.79 Å². The third-order valence-electron chi connectivity index (χ3n) is 5.13. The van der Waals surface area contributed by atoms with Crippen molar-refractivity contribution in [3.63, 3.8) is 0 Å². The molecular weight excluding hydrogens is 362 g/mol. The van der Waals surface area contributed by atoms with E-state index in [1.54, 1.807) is 12.3 Å². The topological polar surface area (TPSA) is 79.8 Å². The molecule has 0 saturated heterocycles. The molecule has 1 saturated carbocycles. The minimum atomic E-state index is -0.138. The van der Waals surface area contributed by atoms with E-state index in [-0.39, 0.29) is 11.9 Å². The van der Waals surface area contributed by atoms with Crippen molar-refractivity contribution in [2.24, 2.45) is 0 Å². The first-order chi connectivity index (χ1) is 14.3. The van der Waals surface area contributed by atoms with Gasteiger partial charge in [0.15, 0.2) is 5.82 Å². The molecule has 3 aromatic rings. The number of aromatic nitrogens is 3. The molecule has 1 aromatic carbocycles. The van der Waals surface area contributed by atoms with Gasteiger partial charge in [0.25, 0.3) is 5.91 Å². The molecule has 0 unspecified atom stereocenters. The number of rotatable bonds is 6. The zero-order chi connectivity index (χ0) is 19.9. The lowest BCUT2D eigenvalue weighted by atomic mass is 9.95. The standard InChI is InChI=1S/C23H25N5O/c29-23(26-19-11-5-2-6-12-19)20-14-21(25-16-17-8-7-13-24-15-17)28-22(27-20)18-9-3-1-4-10-18/h1,3-4,7-10,13-15,19H,2,5-6,11-12,16H2,(H,26,29)(H,25,27,28). The smallest absolute Gasteiger partial charge is 0.270 e. The van der Waals surface area contributed by atoms with Gasteiger partial charge in [-0.2, -0.15) is 0 Å². The van der Waals surface area contributed by atoms with Crippen LogP contribution in [0.3, 0.4) is 0 Å². The first kappa shape index (κ1) is 19.1. The number of pyridine rings is 1. The Morgan fingerprint density at radius 3 is 2.59 bits per heavy atom. The fourth-order valence-electron chi connectivity index (χ4n) is 3.57. The zero-order valence-electron chi connectivity index (χ0n) is 16.3. The van der Waals surface area contributed by atoms with E-state index in [4.69, 9.17) is 0 Å². The van der Waals surface area contributed by atoms with Gasteiger partial charge in [0, 0.05) is 36.6 Å². The van der Waals surface area contributed by atoms with E-state index < -0.39 is 0 Å². The van der Waals surface area contributed by atoms with Gasteiger partial charge < -0.3 is 10.6 Å². The van der Waals surface area contributed by atoms with Crippen LogP contribution in [0.4, 0.5) is 5.82 Å².